The van der Waals surface area contributed by atoms with Crippen molar-refractivity contribution in [3.8, 4) is 0 Å². The van der Waals surface area contributed by atoms with Gasteiger partial charge in [-0.1, -0.05) is 30.3 Å². The van der Waals surface area contributed by atoms with Crippen LogP contribution in [0.4, 0.5) is 14.9 Å². The molecule has 192 valence electrons. The van der Waals surface area contributed by atoms with Gasteiger partial charge in [0, 0.05) is 43.8 Å². The number of carbonyl (C=O) groups is 1. The molecule has 0 aromatic heterocycles. The zero-order chi connectivity index (χ0) is 25.9. The molecule has 0 spiro atoms. The van der Waals surface area contributed by atoms with Crippen molar-refractivity contribution in [2.24, 2.45) is 0 Å². The van der Waals surface area contributed by atoms with Crippen LogP contribution in [0.3, 0.4) is 0 Å². The highest BCUT2D eigenvalue weighted by Gasteiger charge is 2.26. The van der Waals surface area contributed by atoms with Crippen LogP contribution in [0.5, 0.6) is 0 Å². The molecule has 1 amide bonds. The van der Waals surface area contributed by atoms with E-state index in [0.717, 1.165) is 34.2 Å². The number of nitrogens with one attached hydrogen (secondary N) is 1. The van der Waals surface area contributed by atoms with Crippen LogP contribution in [0.15, 0.2) is 65.6 Å². The number of benzene rings is 3. The van der Waals surface area contributed by atoms with Crippen LogP contribution >= 0.6 is 0 Å². The molecule has 1 heterocycles. The number of halogens is 1. The third-order valence-corrected chi connectivity index (χ3v) is 7.55. The Morgan fingerprint density at radius 3 is 2.22 bits per heavy atom. The summed E-state index contributed by atoms with van der Waals surface area (Å²) in [5.41, 5.74) is 1.60. The lowest BCUT2D eigenvalue weighted by atomic mass is 10.00. The summed E-state index contributed by atoms with van der Waals surface area (Å²) in [4.78, 5) is 16.5. The second-order valence-corrected chi connectivity index (χ2v) is 11.6. The Hall–Kier alpha value is -3.17. The molecule has 9 heteroatoms. The highest BCUT2D eigenvalue weighted by atomic mass is 32.2. The van der Waals surface area contributed by atoms with Crippen LogP contribution in [0.2, 0.25) is 0 Å². The van der Waals surface area contributed by atoms with Gasteiger partial charge in [-0.25, -0.2) is 22.3 Å². The van der Waals surface area contributed by atoms with Gasteiger partial charge in [-0.15, -0.1) is 0 Å². The van der Waals surface area contributed by atoms with E-state index in [9.17, 15) is 17.6 Å². The van der Waals surface area contributed by atoms with Crippen LogP contribution in [-0.4, -0.2) is 57.7 Å². The average molecular weight is 514 g/mol. The summed E-state index contributed by atoms with van der Waals surface area (Å²) in [6.07, 6.45) is 0.221. The van der Waals surface area contributed by atoms with Crippen molar-refractivity contribution < 1.29 is 22.3 Å². The number of fused-ring (bicyclic) bond motifs is 1. The van der Waals surface area contributed by atoms with E-state index in [1.54, 1.807) is 4.90 Å². The van der Waals surface area contributed by atoms with Gasteiger partial charge in [0.1, 0.15) is 11.4 Å². The first-order chi connectivity index (χ1) is 17.0. The monoisotopic (exact) mass is 513 g/mol. The first kappa shape index (κ1) is 25.9. The predicted molar refractivity (Wildman–Crippen MR) is 139 cm³/mol. The van der Waals surface area contributed by atoms with E-state index < -0.39 is 21.4 Å². The van der Waals surface area contributed by atoms with Crippen LogP contribution in [-0.2, 0) is 21.2 Å². The maximum Gasteiger partial charge on any atom is 0.410 e. The number of piperazine rings is 1. The fourth-order valence-corrected chi connectivity index (χ4v) is 5.34. The summed E-state index contributed by atoms with van der Waals surface area (Å²) in [6.45, 7) is 8.36. The molecule has 1 aliphatic rings. The van der Waals surface area contributed by atoms with E-state index >= 15 is 0 Å². The predicted octanol–water partition coefficient (Wildman–Crippen LogP) is 4.56. The smallest absolute Gasteiger partial charge is 0.410 e. The molecule has 0 unspecified atom stereocenters. The highest BCUT2D eigenvalue weighted by Crippen LogP contribution is 2.31. The van der Waals surface area contributed by atoms with E-state index in [1.165, 1.54) is 12.1 Å². The molecule has 0 saturated carbocycles. The van der Waals surface area contributed by atoms with Crippen molar-refractivity contribution in [3.63, 3.8) is 0 Å². The normalized spacial score (nSPS) is 14.8. The third-order valence-electron chi connectivity index (χ3n) is 6.07. The molecule has 0 atom stereocenters. The molecule has 1 aliphatic heterocycles. The van der Waals surface area contributed by atoms with E-state index in [-0.39, 0.29) is 17.5 Å². The van der Waals surface area contributed by atoms with Crippen molar-refractivity contribution in [2.75, 3.05) is 37.6 Å². The molecule has 1 saturated heterocycles. The third kappa shape index (κ3) is 6.14. The van der Waals surface area contributed by atoms with Crippen molar-refractivity contribution in [2.45, 2.75) is 37.7 Å². The minimum atomic E-state index is -3.72. The Balaban J connectivity index is 1.44. The van der Waals surface area contributed by atoms with Gasteiger partial charge < -0.3 is 14.5 Å². The molecule has 3 aromatic carbocycles. The number of hydrogen-bond donors (Lipinski definition) is 1. The number of sulfonamides is 1. The first-order valence-electron chi connectivity index (χ1n) is 12.0. The molecule has 7 nitrogen and oxygen atoms in total. The van der Waals surface area contributed by atoms with Gasteiger partial charge in [-0.05, 0) is 68.5 Å². The van der Waals surface area contributed by atoms with Crippen LogP contribution < -0.4 is 9.62 Å². The number of rotatable bonds is 6. The largest absolute Gasteiger partial charge is 0.444 e. The minimum absolute atomic E-state index is 0.0367. The topological polar surface area (TPSA) is 79.0 Å². The number of amides is 1. The first-order valence-corrected chi connectivity index (χ1v) is 13.5. The summed E-state index contributed by atoms with van der Waals surface area (Å²) >= 11 is 0. The lowest BCUT2D eigenvalue weighted by Crippen LogP contribution is -2.50. The second-order valence-electron chi connectivity index (χ2n) is 9.85. The summed E-state index contributed by atoms with van der Waals surface area (Å²) in [6, 6.07) is 16.9. The van der Waals surface area contributed by atoms with Gasteiger partial charge in [0.05, 0.1) is 4.90 Å². The molecular weight excluding hydrogens is 481 g/mol. The average Bonchev–Trinajstić information content (AvgIpc) is 2.83. The highest BCUT2D eigenvalue weighted by molar-refractivity contribution is 7.89. The molecule has 0 aliphatic carbocycles. The Morgan fingerprint density at radius 1 is 0.944 bits per heavy atom. The lowest BCUT2D eigenvalue weighted by molar-refractivity contribution is 0.0240. The molecular formula is C27H32FN3O4S. The number of nitrogens with zero attached hydrogens (tertiary/aromatic N) is 2. The summed E-state index contributed by atoms with van der Waals surface area (Å²) in [7, 11) is -3.72. The maximum absolute atomic E-state index is 13.1. The van der Waals surface area contributed by atoms with Gasteiger partial charge in [-0.2, -0.15) is 0 Å². The number of hydrogen-bond acceptors (Lipinski definition) is 5. The minimum Gasteiger partial charge on any atom is -0.444 e. The Morgan fingerprint density at radius 2 is 1.58 bits per heavy atom. The summed E-state index contributed by atoms with van der Waals surface area (Å²) in [5.74, 6) is -0.480. The van der Waals surface area contributed by atoms with Crippen molar-refractivity contribution >= 4 is 32.6 Å². The zero-order valence-corrected chi connectivity index (χ0v) is 21.6. The summed E-state index contributed by atoms with van der Waals surface area (Å²) < 4.78 is 46.3. The maximum atomic E-state index is 13.1. The quantitative estimate of drug-likeness (QED) is 0.523. The van der Waals surface area contributed by atoms with Gasteiger partial charge in [-0.3, -0.25) is 0 Å². The van der Waals surface area contributed by atoms with Gasteiger partial charge in [0.2, 0.25) is 10.0 Å². The number of anilines is 1. The van der Waals surface area contributed by atoms with Crippen LogP contribution in [0.25, 0.3) is 10.8 Å². The molecule has 1 fully saturated rings. The Labute approximate surface area is 211 Å². The Bertz CT molecular complexity index is 1330. The zero-order valence-electron chi connectivity index (χ0n) is 20.8. The van der Waals surface area contributed by atoms with Crippen molar-refractivity contribution in [3.05, 3.63) is 72.0 Å². The molecule has 1 N–H and O–H groups in total. The van der Waals surface area contributed by atoms with E-state index in [2.05, 4.69) is 21.8 Å². The van der Waals surface area contributed by atoms with Crippen molar-refractivity contribution in [1.82, 2.24) is 9.62 Å². The van der Waals surface area contributed by atoms with Crippen LogP contribution in [0, 0.1) is 5.82 Å². The van der Waals surface area contributed by atoms with Gasteiger partial charge in [0.25, 0.3) is 0 Å². The summed E-state index contributed by atoms with van der Waals surface area (Å²) in [5, 5.41) is 2.15. The SMILES string of the molecule is CC(C)(C)OC(=O)N1CCN(c2ccc(CCNS(=O)(=O)c3ccc(F)cc3)c3ccccc23)CC1. The standard InChI is InChI=1S/C27H32FN3O4S/c1-27(2,3)35-26(32)31-18-16-30(17-19-31)25-13-8-20(23-6-4-5-7-24(23)25)14-15-29-36(33,34)22-11-9-21(28)10-12-22/h4-13,29H,14-19H2,1-3H3. The van der Waals surface area contributed by atoms with E-state index in [4.69, 9.17) is 4.74 Å². The molecule has 0 radical (unpaired) electrons. The Kier molecular flexibility index (Phi) is 7.51. The molecule has 3 aromatic rings. The van der Waals surface area contributed by atoms with Gasteiger partial charge >= 0.3 is 6.09 Å². The second kappa shape index (κ2) is 10.4. The fraction of sp³-hybridized carbons (Fsp3) is 0.370. The molecule has 4 rings (SSSR count). The van der Waals surface area contributed by atoms with E-state index in [1.807, 2.05) is 45.0 Å². The van der Waals surface area contributed by atoms with E-state index in [0.29, 0.717) is 32.6 Å². The fourth-order valence-electron chi connectivity index (χ4n) is 4.31. The molecule has 0 bridgehead atoms. The van der Waals surface area contributed by atoms with Crippen LogP contribution in [0.1, 0.15) is 26.3 Å². The molecule has 36 heavy (non-hydrogen) atoms. The number of ether oxygens (including phenoxy) is 1. The number of carbonyl (C=O) groups excluding carboxylic acids is 1. The van der Waals surface area contributed by atoms with Gasteiger partial charge in [0.15, 0.2) is 0 Å². The lowest BCUT2D eigenvalue weighted by Gasteiger charge is -2.37. The van der Waals surface area contributed by atoms with Crippen molar-refractivity contribution in [1.29, 1.82) is 0 Å².